The lowest BCUT2D eigenvalue weighted by Crippen LogP contribution is -1.93. The van der Waals surface area contributed by atoms with Crippen molar-refractivity contribution in [3.63, 3.8) is 0 Å². The highest BCUT2D eigenvalue weighted by Gasteiger charge is 2.06. The molecule has 3 aromatic rings. The van der Waals surface area contributed by atoms with Gasteiger partial charge >= 0.3 is 0 Å². The van der Waals surface area contributed by atoms with Crippen LogP contribution in [0, 0.1) is 0 Å². The Morgan fingerprint density at radius 3 is 2.55 bits per heavy atom. The maximum atomic E-state index is 6.28. The van der Waals surface area contributed by atoms with E-state index in [-0.39, 0.29) is 0 Å². The summed E-state index contributed by atoms with van der Waals surface area (Å²) in [6.07, 6.45) is 1.75. The minimum Gasteiger partial charge on any atom is -0.383 e. The third kappa shape index (κ3) is 3.27. The summed E-state index contributed by atoms with van der Waals surface area (Å²) < 4.78 is 0. The van der Waals surface area contributed by atoms with Crippen LogP contribution < -0.4 is 11.2 Å². The Labute approximate surface area is 137 Å². The molecule has 0 saturated heterocycles. The first kappa shape index (κ1) is 14.6. The van der Waals surface area contributed by atoms with Crippen LogP contribution in [0.4, 0.5) is 10.9 Å². The van der Waals surface area contributed by atoms with Crippen LogP contribution >= 0.6 is 22.9 Å². The van der Waals surface area contributed by atoms with Gasteiger partial charge in [-0.1, -0.05) is 54.1 Å². The van der Waals surface area contributed by atoms with E-state index >= 15 is 0 Å². The highest BCUT2D eigenvalue weighted by atomic mass is 35.5. The second-order valence-corrected chi connectivity index (χ2v) is 5.78. The molecule has 0 saturated carbocycles. The van der Waals surface area contributed by atoms with Crippen molar-refractivity contribution >= 4 is 40.1 Å². The van der Waals surface area contributed by atoms with E-state index < -0.39 is 0 Å². The third-order valence-corrected chi connectivity index (χ3v) is 4.11. The lowest BCUT2D eigenvalue weighted by molar-refractivity contribution is 1.29. The van der Waals surface area contributed by atoms with E-state index in [0.717, 1.165) is 16.7 Å². The fourth-order valence-electron chi connectivity index (χ4n) is 2.03. The van der Waals surface area contributed by atoms with Gasteiger partial charge in [0.05, 0.1) is 6.21 Å². The fraction of sp³-hybridized carbons (Fsp3) is 0. The van der Waals surface area contributed by atoms with Gasteiger partial charge in [0.15, 0.2) is 0 Å². The second kappa shape index (κ2) is 6.60. The van der Waals surface area contributed by atoms with Gasteiger partial charge in [-0.2, -0.15) is 5.10 Å². The van der Waals surface area contributed by atoms with Gasteiger partial charge in [0.1, 0.15) is 5.82 Å². The molecule has 0 spiro atoms. The summed E-state index contributed by atoms with van der Waals surface area (Å²) in [6.45, 7) is 0. The molecule has 2 aromatic carbocycles. The molecule has 110 valence electrons. The van der Waals surface area contributed by atoms with E-state index in [2.05, 4.69) is 15.5 Å². The molecule has 0 aliphatic heterocycles. The van der Waals surface area contributed by atoms with Gasteiger partial charge in [-0.05, 0) is 11.6 Å². The molecule has 0 aliphatic rings. The summed E-state index contributed by atoms with van der Waals surface area (Å²) in [4.78, 5) is 4.09. The zero-order valence-corrected chi connectivity index (χ0v) is 13.1. The minimum absolute atomic E-state index is 0.485. The van der Waals surface area contributed by atoms with E-state index in [1.54, 1.807) is 11.6 Å². The van der Waals surface area contributed by atoms with Crippen molar-refractivity contribution in [2.45, 2.75) is 0 Å². The van der Waals surface area contributed by atoms with E-state index in [1.807, 2.05) is 48.5 Å². The topological polar surface area (TPSA) is 63.3 Å². The largest absolute Gasteiger partial charge is 0.383 e. The highest BCUT2D eigenvalue weighted by Crippen LogP contribution is 2.29. The number of nitrogens with zero attached hydrogens (tertiary/aromatic N) is 2. The van der Waals surface area contributed by atoms with Gasteiger partial charge in [-0.3, -0.25) is 5.43 Å². The second-order valence-electron chi connectivity index (χ2n) is 4.51. The van der Waals surface area contributed by atoms with Crippen LogP contribution in [0.5, 0.6) is 0 Å². The van der Waals surface area contributed by atoms with Crippen LogP contribution in [0.1, 0.15) is 5.56 Å². The van der Waals surface area contributed by atoms with Gasteiger partial charge in [0.25, 0.3) is 0 Å². The number of nitrogens with two attached hydrogens (primary N) is 1. The number of nitrogens with one attached hydrogen (secondary N) is 1. The number of halogens is 1. The molecule has 3 N–H and O–H groups in total. The monoisotopic (exact) mass is 328 g/mol. The lowest BCUT2D eigenvalue weighted by atomic mass is 10.0. The zero-order chi connectivity index (χ0) is 15.4. The van der Waals surface area contributed by atoms with E-state index in [4.69, 9.17) is 17.3 Å². The smallest absolute Gasteiger partial charge is 0.205 e. The minimum atomic E-state index is 0.485. The maximum absolute atomic E-state index is 6.28. The molecule has 22 heavy (non-hydrogen) atoms. The molecule has 1 heterocycles. The number of benzene rings is 2. The van der Waals surface area contributed by atoms with Crippen LogP contribution in [-0.4, -0.2) is 11.2 Å². The molecular weight excluding hydrogens is 316 g/mol. The molecule has 0 bridgehead atoms. The first-order chi connectivity index (χ1) is 10.7. The quantitative estimate of drug-likeness (QED) is 0.548. The Morgan fingerprint density at radius 1 is 1.09 bits per heavy atom. The summed E-state index contributed by atoms with van der Waals surface area (Å²) in [5.74, 6) is 0.485. The van der Waals surface area contributed by atoms with Gasteiger partial charge in [-0.25, -0.2) is 4.98 Å². The number of hydrogen-bond acceptors (Lipinski definition) is 5. The summed E-state index contributed by atoms with van der Waals surface area (Å²) in [6, 6.07) is 15.7. The number of aromatic nitrogens is 1. The molecule has 0 fully saturated rings. The van der Waals surface area contributed by atoms with Crippen molar-refractivity contribution in [2.24, 2.45) is 5.10 Å². The number of nitrogen functional groups attached to an aromatic ring is 1. The number of hydrogen-bond donors (Lipinski definition) is 2. The molecule has 0 atom stereocenters. The van der Waals surface area contributed by atoms with Gasteiger partial charge in [0, 0.05) is 21.5 Å². The standard InChI is InChI=1S/C16H13ClN4S/c17-14-8-4-3-7-13(14)12-6-2-1-5-11(12)9-19-21-16-20-15(18)10-22-16/h1-10H,18H2,(H,20,21). The summed E-state index contributed by atoms with van der Waals surface area (Å²) in [5.41, 5.74) is 11.4. The van der Waals surface area contributed by atoms with Crippen LogP contribution in [-0.2, 0) is 0 Å². The lowest BCUT2D eigenvalue weighted by Gasteiger charge is -2.07. The number of rotatable bonds is 4. The van der Waals surface area contributed by atoms with Crippen molar-refractivity contribution in [3.05, 3.63) is 64.5 Å². The van der Waals surface area contributed by atoms with Crippen molar-refractivity contribution in [1.82, 2.24) is 4.98 Å². The predicted molar refractivity (Wildman–Crippen MR) is 94.6 cm³/mol. The normalized spacial score (nSPS) is 11.0. The Bertz CT molecular complexity index is 813. The number of hydrazone groups is 1. The Kier molecular flexibility index (Phi) is 4.37. The van der Waals surface area contributed by atoms with Gasteiger partial charge in [-0.15, -0.1) is 11.3 Å². The SMILES string of the molecule is Nc1csc(NN=Cc2ccccc2-c2ccccc2Cl)n1. The fourth-order valence-corrected chi connectivity index (χ4v) is 2.82. The first-order valence-electron chi connectivity index (χ1n) is 6.58. The highest BCUT2D eigenvalue weighted by molar-refractivity contribution is 7.14. The first-order valence-corrected chi connectivity index (χ1v) is 7.84. The van der Waals surface area contributed by atoms with Crippen molar-refractivity contribution in [3.8, 4) is 11.1 Å². The molecule has 4 nitrogen and oxygen atoms in total. The van der Waals surface area contributed by atoms with E-state index in [9.17, 15) is 0 Å². The molecular formula is C16H13ClN4S. The average Bonchev–Trinajstić information content (AvgIpc) is 2.94. The zero-order valence-electron chi connectivity index (χ0n) is 11.5. The van der Waals surface area contributed by atoms with Crippen molar-refractivity contribution in [1.29, 1.82) is 0 Å². The molecule has 0 amide bonds. The molecule has 1 aromatic heterocycles. The van der Waals surface area contributed by atoms with Gasteiger partial charge < -0.3 is 5.73 Å². The number of anilines is 2. The van der Waals surface area contributed by atoms with Crippen LogP contribution in [0.3, 0.4) is 0 Å². The Balaban J connectivity index is 1.87. The van der Waals surface area contributed by atoms with Gasteiger partial charge in [0.2, 0.25) is 5.13 Å². The van der Waals surface area contributed by atoms with E-state index in [0.29, 0.717) is 16.0 Å². The van der Waals surface area contributed by atoms with Crippen LogP contribution in [0.15, 0.2) is 59.0 Å². The molecule has 0 radical (unpaired) electrons. The Morgan fingerprint density at radius 2 is 1.82 bits per heavy atom. The van der Waals surface area contributed by atoms with Crippen molar-refractivity contribution in [2.75, 3.05) is 11.2 Å². The van der Waals surface area contributed by atoms with E-state index in [1.165, 1.54) is 11.3 Å². The van der Waals surface area contributed by atoms with Crippen LogP contribution in [0.25, 0.3) is 11.1 Å². The van der Waals surface area contributed by atoms with Crippen molar-refractivity contribution < 1.29 is 0 Å². The summed E-state index contributed by atoms with van der Waals surface area (Å²) in [5, 5.41) is 7.34. The third-order valence-electron chi connectivity index (χ3n) is 3.01. The number of thiazole rings is 1. The van der Waals surface area contributed by atoms with Crippen LogP contribution in [0.2, 0.25) is 5.02 Å². The molecule has 0 unspecified atom stereocenters. The predicted octanol–water partition coefficient (Wildman–Crippen LogP) is 4.49. The maximum Gasteiger partial charge on any atom is 0.205 e. The summed E-state index contributed by atoms with van der Waals surface area (Å²) in [7, 11) is 0. The molecule has 6 heteroatoms. The average molecular weight is 329 g/mol. The Hall–Kier alpha value is -2.37. The summed E-state index contributed by atoms with van der Waals surface area (Å²) >= 11 is 7.69. The molecule has 0 aliphatic carbocycles. The molecule has 3 rings (SSSR count).